The quantitative estimate of drug-likeness (QED) is 0.0525. The fourth-order valence-corrected chi connectivity index (χ4v) is 6.31. The highest BCUT2D eigenvalue weighted by atomic mass is 16.5. The van der Waals surface area contributed by atoms with Crippen molar-refractivity contribution < 1.29 is 28.5 Å². The van der Waals surface area contributed by atoms with E-state index in [1.165, 1.54) is 0 Å². The molecule has 3 N–H and O–H groups in total. The van der Waals surface area contributed by atoms with Gasteiger partial charge in [0, 0.05) is 13.1 Å². The van der Waals surface area contributed by atoms with Gasteiger partial charge in [0.15, 0.2) is 23.0 Å². The van der Waals surface area contributed by atoms with E-state index in [0.29, 0.717) is 73.6 Å². The Morgan fingerprint density at radius 3 is 1.03 bits per heavy atom. The van der Waals surface area contributed by atoms with Gasteiger partial charge in [-0.3, -0.25) is 9.59 Å². The van der Waals surface area contributed by atoms with Crippen molar-refractivity contribution >= 4 is 11.8 Å². The maximum atomic E-state index is 13.4. The molecule has 0 heterocycles. The summed E-state index contributed by atoms with van der Waals surface area (Å²) in [4.78, 5) is 26.8. The van der Waals surface area contributed by atoms with Crippen LogP contribution in [0.1, 0.15) is 68.7 Å². The molecule has 6 aromatic rings. The Labute approximate surface area is 347 Å². The smallest absolute Gasteiger partial charge is 0.255 e. The minimum Gasteiger partial charge on any atom is -0.485 e. The number of benzene rings is 6. The van der Waals surface area contributed by atoms with E-state index >= 15 is 0 Å². The van der Waals surface area contributed by atoms with Gasteiger partial charge in [0.25, 0.3) is 11.8 Å². The van der Waals surface area contributed by atoms with Gasteiger partial charge in [-0.2, -0.15) is 0 Å². The molecule has 0 saturated carbocycles. The second kappa shape index (κ2) is 23.6. The molecule has 59 heavy (non-hydrogen) atoms. The third kappa shape index (κ3) is 13.8. The number of rotatable bonds is 24. The molecule has 0 fully saturated rings. The van der Waals surface area contributed by atoms with Gasteiger partial charge < -0.3 is 34.9 Å². The van der Waals surface area contributed by atoms with E-state index in [9.17, 15) is 9.59 Å². The Hall–Kier alpha value is -6.58. The minimum absolute atomic E-state index is 0.199. The number of nitrogens with one attached hydrogen (secondary N) is 3. The van der Waals surface area contributed by atoms with Crippen molar-refractivity contribution in [2.75, 3.05) is 26.2 Å². The lowest BCUT2D eigenvalue weighted by Gasteiger charge is -2.17. The average molecular weight is 792 g/mol. The number of para-hydroxylation sites is 2. The molecular formula is C50H53N3O6. The summed E-state index contributed by atoms with van der Waals surface area (Å²) in [6.45, 7) is 4.08. The predicted octanol–water partition coefficient (Wildman–Crippen LogP) is 9.31. The molecule has 9 heteroatoms. The molecule has 0 saturated heterocycles. The van der Waals surface area contributed by atoms with E-state index in [-0.39, 0.29) is 11.8 Å². The largest absolute Gasteiger partial charge is 0.485 e. The normalized spacial score (nSPS) is 10.7. The number of carbonyl (C=O) groups is 2. The Morgan fingerprint density at radius 1 is 0.356 bits per heavy atom. The van der Waals surface area contributed by atoms with Crippen LogP contribution in [0, 0.1) is 0 Å². The van der Waals surface area contributed by atoms with E-state index in [4.69, 9.17) is 18.9 Å². The molecule has 0 atom stereocenters. The second-order valence-electron chi connectivity index (χ2n) is 14.0. The number of hydrogen-bond acceptors (Lipinski definition) is 7. The van der Waals surface area contributed by atoms with Crippen molar-refractivity contribution in [3.63, 3.8) is 0 Å². The van der Waals surface area contributed by atoms with Crippen LogP contribution in [0.2, 0.25) is 0 Å². The highest BCUT2D eigenvalue weighted by Gasteiger charge is 2.19. The van der Waals surface area contributed by atoms with Crippen LogP contribution in [-0.4, -0.2) is 38.0 Å². The molecule has 0 aliphatic carbocycles. The standard InChI is InChI=1S/C50H53N3O6/c54-49(43-27-17-29-45(56-35-39-19-5-1-6-20-39)47(43)58-37-41-23-9-3-10-24-41)52-33-15-13-31-51-32-14-16-34-53-50(55)44-28-18-30-46(57-36-40-21-7-2-8-22-40)48(44)59-38-42-25-11-4-12-26-42/h1-12,17-30,51H,13-16,31-38H2,(H,52,54)(H,53,55). The lowest BCUT2D eigenvalue weighted by molar-refractivity contribution is 0.0939. The number of ether oxygens (including phenoxy) is 4. The molecule has 0 aliphatic rings. The monoisotopic (exact) mass is 791 g/mol. The molecule has 0 unspecified atom stereocenters. The van der Waals surface area contributed by atoms with Crippen LogP contribution in [0.5, 0.6) is 23.0 Å². The minimum atomic E-state index is -0.199. The molecule has 304 valence electrons. The van der Waals surface area contributed by atoms with Crippen LogP contribution in [0.25, 0.3) is 0 Å². The second-order valence-corrected chi connectivity index (χ2v) is 14.0. The van der Waals surface area contributed by atoms with Gasteiger partial charge in [0.1, 0.15) is 26.4 Å². The summed E-state index contributed by atoms with van der Waals surface area (Å²) in [5, 5.41) is 9.60. The van der Waals surface area contributed by atoms with Crippen LogP contribution in [0.4, 0.5) is 0 Å². The Balaban J connectivity index is 0.905. The summed E-state index contributed by atoms with van der Waals surface area (Å²) in [6, 6.07) is 50.4. The van der Waals surface area contributed by atoms with E-state index in [2.05, 4.69) is 16.0 Å². The van der Waals surface area contributed by atoms with Crippen molar-refractivity contribution in [1.82, 2.24) is 16.0 Å². The van der Waals surface area contributed by atoms with E-state index in [0.717, 1.165) is 61.0 Å². The summed E-state index contributed by atoms with van der Waals surface area (Å²) in [5.74, 6) is 1.51. The summed E-state index contributed by atoms with van der Waals surface area (Å²) in [7, 11) is 0. The third-order valence-electron chi connectivity index (χ3n) is 9.51. The van der Waals surface area contributed by atoms with E-state index < -0.39 is 0 Å². The number of hydrogen-bond donors (Lipinski definition) is 3. The fraction of sp³-hybridized carbons (Fsp3) is 0.240. The van der Waals surface area contributed by atoms with Crippen LogP contribution in [0.3, 0.4) is 0 Å². The van der Waals surface area contributed by atoms with Crippen molar-refractivity contribution in [1.29, 1.82) is 0 Å². The lowest BCUT2D eigenvalue weighted by atomic mass is 10.1. The molecular weight excluding hydrogens is 739 g/mol. The SMILES string of the molecule is O=C(NCCCCNCCCCNC(=O)c1cccc(OCc2ccccc2)c1OCc1ccccc1)c1cccc(OCc2ccccc2)c1OCc1ccccc1. The summed E-state index contributed by atoms with van der Waals surface area (Å²) in [6.07, 6.45) is 3.45. The molecule has 0 bridgehead atoms. The average Bonchev–Trinajstić information content (AvgIpc) is 3.29. The Bertz CT molecular complexity index is 2000. The molecule has 0 spiro atoms. The third-order valence-corrected chi connectivity index (χ3v) is 9.51. The summed E-state index contributed by atoms with van der Waals surface area (Å²) >= 11 is 0. The van der Waals surface area contributed by atoms with Gasteiger partial charge in [-0.25, -0.2) is 0 Å². The van der Waals surface area contributed by atoms with Crippen LogP contribution >= 0.6 is 0 Å². The van der Waals surface area contributed by atoms with Crippen molar-refractivity contribution in [2.45, 2.75) is 52.1 Å². The number of carbonyl (C=O) groups excluding carboxylic acids is 2. The van der Waals surface area contributed by atoms with Gasteiger partial charge in [-0.05, 0) is 85.3 Å². The molecule has 0 aromatic heterocycles. The summed E-state index contributed by atoms with van der Waals surface area (Å²) < 4.78 is 24.8. The number of amides is 2. The maximum absolute atomic E-state index is 13.4. The first-order chi connectivity index (χ1) is 29.1. The highest BCUT2D eigenvalue weighted by Crippen LogP contribution is 2.34. The summed E-state index contributed by atoms with van der Waals surface area (Å²) in [5.41, 5.74) is 4.94. The van der Waals surface area contributed by atoms with Gasteiger partial charge in [0.05, 0.1) is 11.1 Å². The zero-order chi connectivity index (χ0) is 40.7. The maximum Gasteiger partial charge on any atom is 0.255 e. The highest BCUT2D eigenvalue weighted by molar-refractivity contribution is 5.98. The number of unbranched alkanes of at least 4 members (excludes halogenated alkanes) is 2. The molecule has 9 nitrogen and oxygen atoms in total. The van der Waals surface area contributed by atoms with Gasteiger partial charge in [-0.15, -0.1) is 0 Å². The zero-order valence-electron chi connectivity index (χ0n) is 33.4. The van der Waals surface area contributed by atoms with Gasteiger partial charge in [-0.1, -0.05) is 133 Å². The first kappa shape index (κ1) is 42.0. The Kier molecular flexibility index (Phi) is 16.8. The van der Waals surface area contributed by atoms with E-state index in [1.54, 1.807) is 12.1 Å². The van der Waals surface area contributed by atoms with Crippen LogP contribution in [0.15, 0.2) is 158 Å². The fourth-order valence-electron chi connectivity index (χ4n) is 6.31. The van der Waals surface area contributed by atoms with Crippen molar-refractivity contribution in [3.8, 4) is 23.0 Å². The molecule has 2 amide bonds. The molecule has 0 aliphatic heterocycles. The zero-order valence-corrected chi connectivity index (χ0v) is 33.4. The molecule has 6 aromatic carbocycles. The predicted molar refractivity (Wildman–Crippen MR) is 232 cm³/mol. The van der Waals surface area contributed by atoms with Crippen molar-refractivity contribution in [3.05, 3.63) is 191 Å². The first-order valence-corrected chi connectivity index (χ1v) is 20.3. The lowest BCUT2D eigenvalue weighted by Crippen LogP contribution is -2.27. The Morgan fingerprint density at radius 2 is 0.678 bits per heavy atom. The topological polar surface area (TPSA) is 107 Å². The van der Waals surface area contributed by atoms with Gasteiger partial charge >= 0.3 is 0 Å². The van der Waals surface area contributed by atoms with Gasteiger partial charge in [0.2, 0.25) is 0 Å². The van der Waals surface area contributed by atoms with Crippen molar-refractivity contribution in [2.24, 2.45) is 0 Å². The van der Waals surface area contributed by atoms with Crippen LogP contribution < -0.4 is 34.9 Å². The molecule has 6 rings (SSSR count). The van der Waals surface area contributed by atoms with E-state index in [1.807, 2.05) is 146 Å². The molecule has 0 radical (unpaired) electrons. The first-order valence-electron chi connectivity index (χ1n) is 20.3. The van der Waals surface area contributed by atoms with Crippen LogP contribution in [-0.2, 0) is 26.4 Å².